The predicted octanol–water partition coefficient (Wildman–Crippen LogP) is 4.47. The van der Waals surface area contributed by atoms with Crippen LogP contribution in [0.3, 0.4) is 0 Å². The van der Waals surface area contributed by atoms with Gasteiger partial charge < -0.3 is 15.4 Å². The van der Waals surface area contributed by atoms with Crippen molar-refractivity contribution in [3.63, 3.8) is 0 Å². The molecule has 1 aromatic heterocycles. The fourth-order valence-corrected chi connectivity index (χ4v) is 3.47. The molecule has 0 saturated heterocycles. The van der Waals surface area contributed by atoms with Crippen LogP contribution in [0.1, 0.15) is 41.3 Å². The second-order valence-corrected chi connectivity index (χ2v) is 8.24. The van der Waals surface area contributed by atoms with Gasteiger partial charge in [0.25, 0.3) is 0 Å². The standard InChI is InChI=1S/C20H27FN4OS.HI/c1-13-11-24-19(27-13)8-9-23-20(22-3)25-14(2)16-6-7-18(17(21)10-16)26-12-15-4-5-15;/h6-7,10-11,14-15H,4-5,8-9,12H2,1-3H3,(H2,22,23,25);1H. The lowest BCUT2D eigenvalue weighted by Gasteiger charge is -2.19. The van der Waals surface area contributed by atoms with Crippen LogP contribution in [0, 0.1) is 18.7 Å². The van der Waals surface area contributed by atoms with Crippen molar-refractivity contribution < 1.29 is 9.13 Å². The number of aryl methyl sites for hydroxylation is 1. The summed E-state index contributed by atoms with van der Waals surface area (Å²) in [6.07, 6.45) is 5.11. The van der Waals surface area contributed by atoms with E-state index in [2.05, 4.69) is 27.5 Å². The molecule has 28 heavy (non-hydrogen) atoms. The number of rotatable bonds is 8. The number of halogens is 2. The summed E-state index contributed by atoms with van der Waals surface area (Å²) >= 11 is 1.71. The van der Waals surface area contributed by atoms with Crippen molar-refractivity contribution in [3.05, 3.63) is 45.7 Å². The first-order valence-electron chi connectivity index (χ1n) is 9.36. The van der Waals surface area contributed by atoms with Gasteiger partial charge in [0.1, 0.15) is 0 Å². The van der Waals surface area contributed by atoms with Gasteiger partial charge in [-0.25, -0.2) is 9.37 Å². The molecule has 154 valence electrons. The average molecular weight is 518 g/mol. The highest BCUT2D eigenvalue weighted by molar-refractivity contribution is 14.0. The van der Waals surface area contributed by atoms with Gasteiger partial charge >= 0.3 is 0 Å². The molecule has 5 nitrogen and oxygen atoms in total. The van der Waals surface area contributed by atoms with E-state index in [1.807, 2.05) is 19.2 Å². The van der Waals surface area contributed by atoms with Crippen molar-refractivity contribution in [2.45, 2.75) is 39.2 Å². The second-order valence-electron chi connectivity index (χ2n) is 6.92. The summed E-state index contributed by atoms with van der Waals surface area (Å²) in [5, 5.41) is 7.68. The number of hydrogen-bond donors (Lipinski definition) is 2. The number of guanidine groups is 1. The van der Waals surface area contributed by atoms with Crippen molar-refractivity contribution in [2.75, 3.05) is 20.2 Å². The van der Waals surface area contributed by atoms with Crippen LogP contribution in [0.5, 0.6) is 5.75 Å². The maximum atomic E-state index is 14.3. The number of nitrogens with one attached hydrogen (secondary N) is 2. The molecule has 1 aromatic carbocycles. The molecule has 0 spiro atoms. The van der Waals surface area contributed by atoms with Crippen molar-refractivity contribution in [1.29, 1.82) is 0 Å². The van der Waals surface area contributed by atoms with E-state index in [0.29, 0.717) is 24.2 Å². The molecule has 1 saturated carbocycles. The fraction of sp³-hybridized carbons (Fsp3) is 0.500. The molecule has 2 aromatic rings. The number of aliphatic imine (C=N–C) groups is 1. The van der Waals surface area contributed by atoms with Gasteiger partial charge in [-0.05, 0) is 50.3 Å². The first-order valence-corrected chi connectivity index (χ1v) is 10.2. The van der Waals surface area contributed by atoms with E-state index < -0.39 is 0 Å². The number of nitrogens with zero attached hydrogens (tertiary/aromatic N) is 2. The van der Waals surface area contributed by atoms with E-state index in [1.165, 1.54) is 23.8 Å². The normalized spacial score (nSPS) is 14.9. The largest absolute Gasteiger partial charge is 0.490 e. The Morgan fingerprint density at radius 3 is 2.82 bits per heavy atom. The van der Waals surface area contributed by atoms with Crippen LogP contribution in [0.15, 0.2) is 29.4 Å². The van der Waals surface area contributed by atoms with Crippen molar-refractivity contribution >= 4 is 41.3 Å². The van der Waals surface area contributed by atoms with Crippen LogP contribution in [0.2, 0.25) is 0 Å². The Balaban J connectivity index is 0.00000280. The maximum Gasteiger partial charge on any atom is 0.191 e. The van der Waals surface area contributed by atoms with Crippen LogP contribution in [-0.4, -0.2) is 31.1 Å². The van der Waals surface area contributed by atoms with Crippen LogP contribution in [0.25, 0.3) is 0 Å². The van der Waals surface area contributed by atoms with Crippen LogP contribution < -0.4 is 15.4 Å². The number of benzene rings is 1. The molecule has 8 heteroatoms. The lowest BCUT2D eigenvalue weighted by Crippen LogP contribution is -2.39. The molecule has 3 rings (SSSR count). The summed E-state index contributed by atoms with van der Waals surface area (Å²) < 4.78 is 19.8. The van der Waals surface area contributed by atoms with Gasteiger partial charge in [-0.3, -0.25) is 4.99 Å². The van der Waals surface area contributed by atoms with E-state index >= 15 is 0 Å². The first-order chi connectivity index (χ1) is 13.0. The third-order valence-electron chi connectivity index (χ3n) is 4.50. The molecule has 2 N–H and O–H groups in total. The molecule has 0 aliphatic heterocycles. The molecule has 1 aliphatic carbocycles. The second kappa shape index (κ2) is 10.9. The molecule has 1 aliphatic rings. The highest BCUT2D eigenvalue weighted by Crippen LogP contribution is 2.30. The number of hydrogen-bond acceptors (Lipinski definition) is 4. The Hall–Kier alpha value is -1.42. The van der Waals surface area contributed by atoms with Gasteiger partial charge in [0.2, 0.25) is 0 Å². The number of aromatic nitrogens is 1. The first kappa shape index (κ1) is 22.9. The van der Waals surface area contributed by atoms with Gasteiger partial charge in [0.05, 0.1) is 17.7 Å². The molecule has 1 unspecified atom stereocenters. The SMILES string of the molecule is CN=C(NCCc1ncc(C)s1)NC(C)c1ccc(OCC2CC2)c(F)c1.I. The van der Waals surface area contributed by atoms with Crippen LogP contribution in [0.4, 0.5) is 4.39 Å². The Kier molecular flexibility index (Phi) is 8.94. The molecule has 0 amide bonds. The number of thiazole rings is 1. The van der Waals surface area contributed by atoms with Crippen molar-refractivity contribution in [1.82, 2.24) is 15.6 Å². The van der Waals surface area contributed by atoms with E-state index in [-0.39, 0.29) is 35.8 Å². The molecule has 1 fully saturated rings. The van der Waals surface area contributed by atoms with Crippen LogP contribution >= 0.6 is 35.3 Å². The minimum Gasteiger partial charge on any atom is -0.490 e. The number of ether oxygens (including phenoxy) is 1. The highest BCUT2D eigenvalue weighted by Gasteiger charge is 2.22. The quantitative estimate of drug-likeness (QED) is 0.308. The zero-order chi connectivity index (χ0) is 19.2. The van der Waals surface area contributed by atoms with Crippen molar-refractivity contribution in [2.24, 2.45) is 10.9 Å². The summed E-state index contributed by atoms with van der Waals surface area (Å²) in [6.45, 7) is 5.38. The van der Waals surface area contributed by atoms with Gasteiger partial charge in [-0.15, -0.1) is 35.3 Å². The monoisotopic (exact) mass is 518 g/mol. The summed E-state index contributed by atoms with van der Waals surface area (Å²) in [5.41, 5.74) is 0.852. The van der Waals surface area contributed by atoms with E-state index in [0.717, 1.165) is 23.5 Å². The minimum atomic E-state index is -0.316. The zero-order valence-electron chi connectivity index (χ0n) is 16.5. The van der Waals surface area contributed by atoms with Crippen LogP contribution in [-0.2, 0) is 6.42 Å². The average Bonchev–Trinajstić information content (AvgIpc) is 3.40. The lowest BCUT2D eigenvalue weighted by molar-refractivity contribution is 0.285. The van der Waals surface area contributed by atoms with E-state index in [9.17, 15) is 4.39 Å². The summed E-state index contributed by atoms with van der Waals surface area (Å²) in [7, 11) is 1.73. The Labute approximate surface area is 187 Å². The molecule has 0 radical (unpaired) electrons. The Bertz CT molecular complexity index is 794. The van der Waals surface area contributed by atoms with Gasteiger partial charge in [-0.2, -0.15) is 0 Å². The minimum absolute atomic E-state index is 0. The van der Waals surface area contributed by atoms with Gasteiger partial charge in [0, 0.05) is 31.1 Å². The third-order valence-corrected chi connectivity index (χ3v) is 5.48. The summed E-state index contributed by atoms with van der Waals surface area (Å²) in [5.74, 6) is 1.31. The van der Waals surface area contributed by atoms with Gasteiger partial charge in [-0.1, -0.05) is 6.07 Å². The smallest absolute Gasteiger partial charge is 0.191 e. The molecular formula is C20H28FIN4OS. The zero-order valence-corrected chi connectivity index (χ0v) is 19.6. The van der Waals surface area contributed by atoms with Gasteiger partial charge in [0.15, 0.2) is 17.5 Å². The highest BCUT2D eigenvalue weighted by atomic mass is 127. The van der Waals surface area contributed by atoms with Crippen molar-refractivity contribution in [3.8, 4) is 5.75 Å². The topological polar surface area (TPSA) is 58.5 Å². The maximum absolute atomic E-state index is 14.3. The Morgan fingerprint density at radius 2 is 2.21 bits per heavy atom. The van der Waals surface area contributed by atoms with E-state index in [4.69, 9.17) is 4.74 Å². The fourth-order valence-electron chi connectivity index (χ4n) is 2.68. The molecule has 0 bridgehead atoms. The molecule has 1 atom stereocenters. The summed E-state index contributed by atoms with van der Waals surface area (Å²) in [4.78, 5) is 9.82. The Morgan fingerprint density at radius 1 is 1.43 bits per heavy atom. The van der Waals surface area contributed by atoms with E-state index in [1.54, 1.807) is 24.5 Å². The third kappa shape index (κ3) is 6.88. The molecular weight excluding hydrogens is 490 g/mol. The summed E-state index contributed by atoms with van der Waals surface area (Å²) in [6, 6.07) is 5.07. The molecule has 1 heterocycles. The lowest BCUT2D eigenvalue weighted by atomic mass is 10.1. The predicted molar refractivity (Wildman–Crippen MR) is 124 cm³/mol.